The molecule has 0 aliphatic heterocycles. The molecule has 0 atom stereocenters. The second-order valence-electron chi connectivity index (χ2n) is 7.42. The fraction of sp³-hybridized carbons (Fsp3) is 0.120. The Bertz CT molecular complexity index is 1420. The Morgan fingerprint density at radius 1 is 0.724 bits per heavy atom. The van der Waals surface area contributed by atoms with E-state index in [1.165, 1.54) is 26.9 Å². The summed E-state index contributed by atoms with van der Waals surface area (Å²) in [7, 11) is -3.75. The fourth-order valence-electron chi connectivity index (χ4n) is 4.05. The summed E-state index contributed by atoms with van der Waals surface area (Å²) >= 11 is 0. The van der Waals surface area contributed by atoms with E-state index in [1.807, 2.05) is 6.92 Å². The topological polar surface area (TPSA) is 43.4 Å². The molecule has 4 heteroatoms. The number of aryl methyl sites for hydroxylation is 1. The van der Waals surface area contributed by atoms with Crippen LogP contribution in [0.1, 0.15) is 11.1 Å². The van der Waals surface area contributed by atoms with Crippen LogP contribution < -0.4 is 0 Å². The zero-order valence-electron chi connectivity index (χ0n) is 16.1. The number of benzene rings is 5. The lowest BCUT2D eigenvalue weighted by Crippen LogP contribution is -2.09. The molecular formula is C25H20O3S. The summed E-state index contributed by atoms with van der Waals surface area (Å²) in [5, 5.41) is 7.29. The van der Waals surface area contributed by atoms with Gasteiger partial charge in [0.25, 0.3) is 10.1 Å². The van der Waals surface area contributed by atoms with E-state index in [-0.39, 0.29) is 11.5 Å². The van der Waals surface area contributed by atoms with E-state index in [9.17, 15) is 8.42 Å². The molecule has 0 amide bonds. The molecule has 144 valence electrons. The van der Waals surface area contributed by atoms with E-state index in [1.54, 1.807) is 24.3 Å². The Balaban J connectivity index is 1.47. The van der Waals surface area contributed by atoms with Crippen LogP contribution in [0.5, 0.6) is 0 Å². The van der Waals surface area contributed by atoms with Crippen LogP contribution in [0.25, 0.3) is 32.3 Å². The van der Waals surface area contributed by atoms with E-state index in [2.05, 4.69) is 54.6 Å². The van der Waals surface area contributed by atoms with Crippen molar-refractivity contribution in [2.24, 2.45) is 0 Å². The van der Waals surface area contributed by atoms with Gasteiger partial charge < -0.3 is 0 Å². The Hall–Kier alpha value is -2.95. The van der Waals surface area contributed by atoms with Crippen molar-refractivity contribution in [3.8, 4) is 0 Å². The third-order valence-corrected chi connectivity index (χ3v) is 6.86. The van der Waals surface area contributed by atoms with Crippen molar-refractivity contribution < 1.29 is 12.6 Å². The predicted octanol–water partition coefficient (Wildman–Crippen LogP) is 5.84. The smallest absolute Gasteiger partial charge is 0.266 e. The van der Waals surface area contributed by atoms with Gasteiger partial charge in [-0.25, -0.2) is 0 Å². The van der Waals surface area contributed by atoms with E-state index in [0.717, 1.165) is 16.5 Å². The van der Waals surface area contributed by atoms with Crippen molar-refractivity contribution in [3.05, 3.63) is 90.0 Å². The molecule has 29 heavy (non-hydrogen) atoms. The average molecular weight is 400 g/mol. The van der Waals surface area contributed by atoms with E-state index >= 15 is 0 Å². The van der Waals surface area contributed by atoms with Gasteiger partial charge in [-0.15, -0.1) is 0 Å². The maximum atomic E-state index is 12.4. The van der Waals surface area contributed by atoms with Crippen LogP contribution in [0.2, 0.25) is 0 Å². The standard InChI is InChI=1S/C25H20O3S/c1-17-5-12-22(13-6-17)29(26,27)28-16-15-18-7-8-21-10-9-19-3-2-4-20-11-14-23(18)25(21)24(19)20/h2-14H,15-16H2,1H3. The Morgan fingerprint density at radius 2 is 1.34 bits per heavy atom. The molecule has 0 radical (unpaired) electrons. The lowest BCUT2D eigenvalue weighted by Gasteiger charge is -2.14. The molecule has 5 rings (SSSR count). The molecule has 0 N–H and O–H groups in total. The van der Waals surface area contributed by atoms with Gasteiger partial charge in [-0.1, -0.05) is 72.3 Å². The molecule has 0 unspecified atom stereocenters. The van der Waals surface area contributed by atoms with Crippen molar-refractivity contribution in [2.75, 3.05) is 6.61 Å². The highest BCUT2D eigenvalue weighted by molar-refractivity contribution is 7.86. The first kappa shape index (κ1) is 18.1. The van der Waals surface area contributed by atoms with Crippen molar-refractivity contribution in [1.29, 1.82) is 0 Å². The first-order valence-electron chi connectivity index (χ1n) is 9.64. The monoisotopic (exact) mass is 400 g/mol. The van der Waals surface area contributed by atoms with Crippen molar-refractivity contribution in [3.63, 3.8) is 0 Å². The molecule has 0 bridgehead atoms. The molecule has 0 aromatic heterocycles. The second kappa shape index (κ2) is 6.83. The first-order valence-corrected chi connectivity index (χ1v) is 11.1. The summed E-state index contributed by atoms with van der Waals surface area (Å²) in [5.74, 6) is 0. The molecule has 0 spiro atoms. The van der Waals surface area contributed by atoms with Crippen LogP contribution in [0.15, 0.2) is 83.8 Å². The summed E-state index contributed by atoms with van der Waals surface area (Å²) in [6.45, 7) is 2.03. The first-order chi connectivity index (χ1) is 14.0. The van der Waals surface area contributed by atoms with E-state index < -0.39 is 10.1 Å². The Labute approximate surface area is 170 Å². The lowest BCUT2D eigenvalue weighted by atomic mass is 9.91. The maximum Gasteiger partial charge on any atom is 0.296 e. The number of hydrogen-bond donors (Lipinski definition) is 0. The minimum absolute atomic E-state index is 0.111. The van der Waals surface area contributed by atoms with Gasteiger partial charge in [-0.05, 0) is 63.4 Å². The third kappa shape index (κ3) is 3.15. The molecular weight excluding hydrogens is 380 g/mol. The minimum Gasteiger partial charge on any atom is -0.266 e. The number of hydrogen-bond acceptors (Lipinski definition) is 3. The highest BCUT2D eigenvalue weighted by atomic mass is 32.2. The fourth-order valence-corrected chi connectivity index (χ4v) is 4.96. The van der Waals surface area contributed by atoms with Crippen LogP contribution >= 0.6 is 0 Å². The normalized spacial score (nSPS) is 12.3. The van der Waals surface area contributed by atoms with Crippen LogP contribution in [0.4, 0.5) is 0 Å². The van der Waals surface area contributed by atoms with E-state index in [4.69, 9.17) is 4.18 Å². The molecule has 0 saturated heterocycles. The molecule has 0 saturated carbocycles. The van der Waals surface area contributed by atoms with Crippen LogP contribution in [0, 0.1) is 6.92 Å². The summed E-state index contributed by atoms with van der Waals surface area (Å²) in [6, 6.07) is 25.8. The van der Waals surface area contributed by atoms with Crippen molar-refractivity contribution in [1.82, 2.24) is 0 Å². The average Bonchev–Trinajstić information content (AvgIpc) is 2.73. The predicted molar refractivity (Wildman–Crippen MR) is 118 cm³/mol. The lowest BCUT2D eigenvalue weighted by molar-refractivity contribution is 0.322. The van der Waals surface area contributed by atoms with Gasteiger partial charge in [-0.2, -0.15) is 8.42 Å². The summed E-state index contributed by atoms with van der Waals surface area (Å²) in [5.41, 5.74) is 2.10. The van der Waals surface area contributed by atoms with Gasteiger partial charge in [0.1, 0.15) is 0 Å². The van der Waals surface area contributed by atoms with Gasteiger partial charge >= 0.3 is 0 Å². The number of rotatable bonds is 5. The zero-order chi connectivity index (χ0) is 20.0. The SMILES string of the molecule is Cc1ccc(S(=O)(=O)OCCc2ccc3ccc4cccc5ccc2c3c45)cc1. The minimum atomic E-state index is -3.75. The van der Waals surface area contributed by atoms with Gasteiger partial charge in [0.2, 0.25) is 0 Å². The third-order valence-electron chi connectivity index (χ3n) is 5.54. The van der Waals surface area contributed by atoms with Crippen LogP contribution in [-0.4, -0.2) is 15.0 Å². The van der Waals surface area contributed by atoms with E-state index in [0.29, 0.717) is 6.42 Å². The highest BCUT2D eigenvalue weighted by Crippen LogP contribution is 2.36. The molecule has 5 aromatic carbocycles. The second-order valence-corrected chi connectivity index (χ2v) is 9.04. The Morgan fingerprint density at radius 3 is 2.07 bits per heavy atom. The summed E-state index contributed by atoms with van der Waals surface area (Å²) < 4.78 is 30.2. The molecule has 3 nitrogen and oxygen atoms in total. The molecule has 0 aliphatic rings. The molecule has 5 aromatic rings. The quantitative estimate of drug-likeness (QED) is 0.275. The summed E-state index contributed by atoms with van der Waals surface area (Å²) in [4.78, 5) is 0.193. The van der Waals surface area contributed by atoms with Gasteiger partial charge in [0.15, 0.2) is 0 Å². The summed E-state index contributed by atoms with van der Waals surface area (Å²) in [6.07, 6.45) is 0.527. The van der Waals surface area contributed by atoms with Crippen molar-refractivity contribution >= 4 is 42.4 Å². The largest absolute Gasteiger partial charge is 0.296 e. The molecule has 0 heterocycles. The van der Waals surface area contributed by atoms with Crippen LogP contribution in [0.3, 0.4) is 0 Å². The molecule has 0 aliphatic carbocycles. The molecule has 0 fully saturated rings. The highest BCUT2D eigenvalue weighted by Gasteiger charge is 2.16. The van der Waals surface area contributed by atoms with Gasteiger partial charge in [0, 0.05) is 0 Å². The van der Waals surface area contributed by atoms with Gasteiger partial charge in [0.05, 0.1) is 11.5 Å². The maximum absolute atomic E-state index is 12.4. The van der Waals surface area contributed by atoms with Crippen molar-refractivity contribution in [2.45, 2.75) is 18.2 Å². The Kier molecular flexibility index (Phi) is 4.26. The zero-order valence-corrected chi connectivity index (χ0v) is 16.9. The van der Waals surface area contributed by atoms with Gasteiger partial charge in [-0.3, -0.25) is 4.18 Å². The van der Waals surface area contributed by atoms with Crippen LogP contribution in [-0.2, 0) is 20.7 Å².